The lowest BCUT2D eigenvalue weighted by Gasteiger charge is -2.28. The van der Waals surface area contributed by atoms with Gasteiger partial charge < -0.3 is 10.2 Å². The van der Waals surface area contributed by atoms with Crippen LogP contribution in [0, 0.1) is 5.92 Å². The van der Waals surface area contributed by atoms with E-state index in [4.69, 9.17) is 0 Å². The number of hydrogen-bond donors (Lipinski definition) is 1. The van der Waals surface area contributed by atoms with Crippen molar-refractivity contribution >= 4 is 23.2 Å². The van der Waals surface area contributed by atoms with Crippen molar-refractivity contribution in [2.75, 3.05) is 0 Å². The molecule has 0 aliphatic carbocycles. The SMILES string of the molecule is CC(C)CC1NC(=O)CC(C)N(Cc2cncs2)C1=O. The molecular weight excluding hydrogens is 274 g/mol. The first-order chi connectivity index (χ1) is 9.47. The van der Waals surface area contributed by atoms with Crippen molar-refractivity contribution < 1.29 is 9.59 Å². The molecule has 1 aromatic heterocycles. The van der Waals surface area contributed by atoms with Crippen molar-refractivity contribution in [2.45, 2.75) is 52.2 Å². The van der Waals surface area contributed by atoms with E-state index in [1.54, 1.807) is 16.6 Å². The van der Waals surface area contributed by atoms with E-state index in [2.05, 4.69) is 24.1 Å². The third-order valence-electron chi connectivity index (χ3n) is 3.45. The van der Waals surface area contributed by atoms with Crippen LogP contribution in [0.4, 0.5) is 0 Å². The standard InChI is InChI=1S/C14H21N3O2S/c1-9(2)4-12-14(19)17(7-11-6-15-8-20-11)10(3)5-13(18)16-12/h6,8-10,12H,4-5,7H2,1-3H3,(H,16,18). The van der Waals surface area contributed by atoms with Crippen LogP contribution in [0.3, 0.4) is 0 Å². The molecule has 1 saturated heterocycles. The zero-order valence-corrected chi connectivity index (χ0v) is 12.9. The van der Waals surface area contributed by atoms with Crippen molar-refractivity contribution in [3.8, 4) is 0 Å². The van der Waals surface area contributed by atoms with Crippen LogP contribution < -0.4 is 5.32 Å². The highest BCUT2D eigenvalue weighted by Crippen LogP contribution is 2.20. The highest BCUT2D eigenvalue weighted by atomic mass is 32.1. The van der Waals surface area contributed by atoms with Crippen LogP contribution >= 0.6 is 11.3 Å². The lowest BCUT2D eigenvalue weighted by atomic mass is 10.0. The van der Waals surface area contributed by atoms with E-state index in [0.29, 0.717) is 25.3 Å². The topological polar surface area (TPSA) is 62.3 Å². The monoisotopic (exact) mass is 295 g/mol. The first kappa shape index (κ1) is 15.0. The molecule has 1 N–H and O–H groups in total. The summed E-state index contributed by atoms with van der Waals surface area (Å²) >= 11 is 1.53. The summed E-state index contributed by atoms with van der Waals surface area (Å²) < 4.78 is 0. The minimum absolute atomic E-state index is 0.0189. The third-order valence-corrected chi connectivity index (χ3v) is 4.21. The van der Waals surface area contributed by atoms with Crippen molar-refractivity contribution in [3.05, 3.63) is 16.6 Å². The number of carbonyl (C=O) groups is 2. The maximum atomic E-state index is 12.7. The number of nitrogens with one attached hydrogen (secondary N) is 1. The van der Waals surface area contributed by atoms with Crippen LogP contribution in [-0.2, 0) is 16.1 Å². The maximum Gasteiger partial charge on any atom is 0.245 e. The maximum absolute atomic E-state index is 12.7. The molecule has 0 spiro atoms. The highest BCUT2D eigenvalue weighted by Gasteiger charge is 2.34. The molecule has 1 aliphatic rings. The Morgan fingerprint density at radius 3 is 2.85 bits per heavy atom. The highest BCUT2D eigenvalue weighted by molar-refractivity contribution is 7.09. The van der Waals surface area contributed by atoms with E-state index >= 15 is 0 Å². The Morgan fingerprint density at radius 2 is 2.25 bits per heavy atom. The second-order valence-electron chi connectivity index (χ2n) is 5.74. The fourth-order valence-corrected chi connectivity index (χ4v) is 3.06. The van der Waals surface area contributed by atoms with Gasteiger partial charge in [0.2, 0.25) is 11.8 Å². The van der Waals surface area contributed by atoms with E-state index in [1.807, 2.05) is 6.92 Å². The zero-order valence-electron chi connectivity index (χ0n) is 12.1. The van der Waals surface area contributed by atoms with Crippen LogP contribution in [-0.4, -0.2) is 33.8 Å². The van der Waals surface area contributed by atoms with E-state index in [9.17, 15) is 9.59 Å². The lowest BCUT2D eigenvalue weighted by molar-refractivity contribution is -0.135. The van der Waals surface area contributed by atoms with Crippen LogP contribution in [0.2, 0.25) is 0 Å². The smallest absolute Gasteiger partial charge is 0.245 e. The van der Waals surface area contributed by atoms with Gasteiger partial charge in [-0.05, 0) is 19.3 Å². The quantitative estimate of drug-likeness (QED) is 0.921. The number of carbonyl (C=O) groups excluding carboxylic acids is 2. The van der Waals surface area contributed by atoms with Gasteiger partial charge in [0.1, 0.15) is 6.04 Å². The summed E-state index contributed by atoms with van der Waals surface area (Å²) in [7, 11) is 0. The molecule has 20 heavy (non-hydrogen) atoms. The van der Waals surface area contributed by atoms with Crippen LogP contribution in [0.5, 0.6) is 0 Å². The Morgan fingerprint density at radius 1 is 1.50 bits per heavy atom. The molecule has 0 bridgehead atoms. The Kier molecular flexibility index (Phi) is 4.75. The molecule has 2 unspecified atom stereocenters. The van der Waals surface area contributed by atoms with Gasteiger partial charge in [0.05, 0.1) is 12.1 Å². The van der Waals surface area contributed by atoms with Crippen LogP contribution in [0.15, 0.2) is 11.7 Å². The fraction of sp³-hybridized carbons (Fsp3) is 0.643. The van der Waals surface area contributed by atoms with Gasteiger partial charge in [0.15, 0.2) is 0 Å². The summed E-state index contributed by atoms with van der Waals surface area (Å²) in [6.07, 6.45) is 2.82. The number of aromatic nitrogens is 1. The third kappa shape index (κ3) is 3.56. The van der Waals surface area contributed by atoms with Crippen LogP contribution in [0.25, 0.3) is 0 Å². The van der Waals surface area contributed by atoms with Gasteiger partial charge in [-0.3, -0.25) is 14.6 Å². The summed E-state index contributed by atoms with van der Waals surface area (Å²) in [5.74, 6) is 0.344. The Balaban J connectivity index is 2.18. The van der Waals surface area contributed by atoms with E-state index in [-0.39, 0.29) is 17.9 Å². The zero-order chi connectivity index (χ0) is 14.7. The molecule has 6 heteroatoms. The summed E-state index contributed by atoms with van der Waals surface area (Å²) in [5, 5.41) is 2.86. The number of hydrogen-bond acceptors (Lipinski definition) is 4. The van der Waals surface area contributed by atoms with Crippen molar-refractivity contribution in [3.63, 3.8) is 0 Å². The molecule has 1 aromatic rings. The largest absolute Gasteiger partial charge is 0.344 e. The molecule has 2 amide bonds. The summed E-state index contributed by atoms with van der Waals surface area (Å²) in [6.45, 7) is 6.58. The fourth-order valence-electron chi connectivity index (χ4n) is 2.46. The van der Waals surface area contributed by atoms with Gasteiger partial charge in [-0.2, -0.15) is 0 Å². The molecule has 1 aliphatic heterocycles. The molecule has 5 nitrogen and oxygen atoms in total. The van der Waals surface area contributed by atoms with Gasteiger partial charge in [-0.15, -0.1) is 11.3 Å². The predicted molar refractivity (Wildman–Crippen MR) is 78.1 cm³/mol. The Bertz CT molecular complexity index is 473. The summed E-state index contributed by atoms with van der Waals surface area (Å²) in [4.78, 5) is 31.4. The van der Waals surface area contributed by atoms with Gasteiger partial charge in [-0.25, -0.2) is 0 Å². The second kappa shape index (κ2) is 6.35. The molecule has 110 valence electrons. The predicted octanol–water partition coefficient (Wildman–Crippen LogP) is 1.79. The number of amides is 2. The average Bonchev–Trinajstić information content (AvgIpc) is 2.83. The first-order valence-electron chi connectivity index (χ1n) is 6.94. The average molecular weight is 295 g/mol. The molecule has 2 atom stereocenters. The van der Waals surface area contributed by atoms with Gasteiger partial charge in [-0.1, -0.05) is 13.8 Å². The minimum Gasteiger partial charge on any atom is -0.344 e. The molecule has 2 rings (SSSR count). The van der Waals surface area contributed by atoms with Gasteiger partial charge in [0, 0.05) is 23.5 Å². The van der Waals surface area contributed by atoms with Crippen LogP contribution in [0.1, 0.15) is 38.5 Å². The number of thiazole rings is 1. The normalized spacial score (nSPS) is 23.9. The Labute approximate surface area is 123 Å². The molecular formula is C14H21N3O2S. The second-order valence-corrected chi connectivity index (χ2v) is 6.71. The van der Waals surface area contributed by atoms with E-state index in [1.165, 1.54) is 11.3 Å². The molecule has 1 fully saturated rings. The van der Waals surface area contributed by atoms with Crippen molar-refractivity contribution in [2.24, 2.45) is 5.92 Å². The van der Waals surface area contributed by atoms with Gasteiger partial charge >= 0.3 is 0 Å². The molecule has 2 heterocycles. The number of rotatable bonds is 4. The van der Waals surface area contributed by atoms with Crippen molar-refractivity contribution in [1.29, 1.82) is 0 Å². The lowest BCUT2D eigenvalue weighted by Crippen LogP contribution is -2.46. The minimum atomic E-state index is -0.402. The molecule has 0 saturated carbocycles. The Hall–Kier alpha value is -1.43. The van der Waals surface area contributed by atoms with Gasteiger partial charge in [0.25, 0.3) is 0 Å². The molecule has 0 radical (unpaired) electrons. The van der Waals surface area contributed by atoms with E-state index < -0.39 is 6.04 Å². The summed E-state index contributed by atoms with van der Waals surface area (Å²) in [5.41, 5.74) is 1.76. The van der Waals surface area contributed by atoms with Crippen molar-refractivity contribution in [1.82, 2.24) is 15.2 Å². The first-order valence-corrected chi connectivity index (χ1v) is 7.82. The number of nitrogens with zero attached hydrogens (tertiary/aromatic N) is 2. The van der Waals surface area contributed by atoms with E-state index in [0.717, 1.165) is 4.88 Å². The molecule has 0 aromatic carbocycles. The summed E-state index contributed by atoms with van der Waals surface area (Å²) in [6, 6.07) is -0.484.